The van der Waals surface area contributed by atoms with Crippen LogP contribution in [0, 0.1) is 4.84 Å². The molecular weight excluding hydrogens is 466 g/mol. The summed E-state index contributed by atoms with van der Waals surface area (Å²) < 4.78 is 47.5. The molecule has 2 aromatic rings. The number of piperazine rings is 1. The summed E-state index contributed by atoms with van der Waals surface area (Å²) in [7, 11) is -1.87. The van der Waals surface area contributed by atoms with Crippen molar-refractivity contribution < 1.29 is 22.3 Å². The van der Waals surface area contributed by atoms with Gasteiger partial charge >= 0.3 is 0 Å². The van der Waals surface area contributed by atoms with Crippen LogP contribution >= 0.6 is 12.2 Å². The average molecular weight is 498 g/mol. The summed E-state index contributed by atoms with van der Waals surface area (Å²) in [6, 6.07) is 7.72. The molecule has 33 heavy (non-hydrogen) atoms. The molecule has 0 radical (unpaired) electrons. The van der Waals surface area contributed by atoms with E-state index in [1.165, 1.54) is 0 Å². The van der Waals surface area contributed by atoms with Gasteiger partial charge in [0.15, 0.2) is 0 Å². The first-order valence-corrected chi connectivity index (χ1v) is 12.9. The molecule has 0 N–H and O–H groups in total. The van der Waals surface area contributed by atoms with Crippen LogP contribution in [0.4, 0.5) is 0 Å². The van der Waals surface area contributed by atoms with E-state index in [9.17, 15) is 8.42 Å². The number of methoxy groups -OCH3 is 1. The Morgan fingerprint density at radius 3 is 2.30 bits per heavy atom. The van der Waals surface area contributed by atoms with Crippen LogP contribution in [0.2, 0.25) is 0 Å². The number of morpholine rings is 1. The molecule has 12 heteroatoms. The largest absolute Gasteiger partial charge is 0.497 e. The van der Waals surface area contributed by atoms with E-state index >= 15 is 0 Å². The molecule has 2 unspecified atom stereocenters. The number of nitrogens with zero attached hydrogens (tertiary/aromatic N) is 5. The topological polar surface area (TPSA) is 93.3 Å². The maximum atomic E-state index is 13.1. The normalized spacial score (nSPS) is 23.6. The monoisotopic (exact) mass is 497 g/mol. The Balaban J connectivity index is 1.33. The van der Waals surface area contributed by atoms with Gasteiger partial charge in [-0.3, -0.25) is 4.90 Å². The van der Waals surface area contributed by atoms with E-state index in [-0.39, 0.29) is 12.2 Å². The first-order valence-electron chi connectivity index (χ1n) is 11.1. The lowest BCUT2D eigenvalue weighted by molar-refractivity contribution is -0.0458. The van der Waals surface area contributed by atoms with E-state index in [2.05, 4.69) is 10.00 Å². The summed E-state index contributed by atoms with van der Waals surface area (Å²) in [5.74, 6) is 1.34. The third-order valence-electron chi connectivity index (χ3n) is 5.87. The highest BCUT2D eigenvalue weighted by molar-refractivity contribution is 7.86. The van der Waals surface area contributed by atoms with Crippen molar-refractivity contribution in [2.75, 3.05) is 46.4 Å². The van der Waals surface area contributed by atoms with E-state index in [1.54, 1.807) is 20.4 Å². The zero-order valence-electron chi connectivity index (χ0n) is 19.2. The van der Waals surface area contributed by atoms with Crippen LogP contribution < -0.4 is 4.74 Å². The van der Waals surface area contributed by atoms with Crippen molar-refractivity contribution >= 4 is 22.4 Å². The third-order valence-corrected chi connectivity index (χ3v) is 8.13. The quantitative estimate of drug-likeness (QED) is 0.534. The zero-order valence-corrected chi connectivity index (χ0v) is 20.8. The molecule has 4 rings (SSSR count). The van der Waals surface area contributed by atoms with Gasteiger partial charge in [0.2, 0.25) is 5.89 Å². The van der Waals surface area contributed by atoms with E-state index in [1.807, 2.05) is 38.1 Å². The molecule has 0 bridgehead atoms. The Morgan fingerprint density at radius 2 is 1.70 bits per heavy atom. The minimum absolute atomic E-state index is 0.106. The molecule has 2 fully saturated rings. The van der Waals surface area contributed by atoms with Gasteiger partial charge in [-0.1, -0.05) is 12.1 Å². The van der Waals surface area contributed by atoms with Crippen LogP contribution in [0.3, 0.4) is 0 Å². The predicted molar refractivity (Wildman–Crippen MR) is 125 cm³/mol. The fraction of sp³-hybridized carbons (Fsp3) is 0.619. The number of rotatable bonds is 7. The molecule has 0 amide bonds. The second-order valence-electron chi connectivity index (χ2n) is 8.53. The fourth-order valence-corrected chi connectivity index (χ4v) is 6.14. The molecule has 182 valence electrons. The molecule has 1 aromatic heterocycles. The number of ether oxygens (including phenoxy) is 2. The van der Waals surface area contributed by atoms with Crippen molar-refractivity contribution in [2.24, 2.45) is 0 Å². The summed E-state index contributed by atoms with van der Waals surface area (Å²) in [6.07, 6.45) is 0.320. The molecule has 2 aliphatic rings. The predicted octanol–water partition coefficient (Wildman–Crippen LogP) is 1.73. The van der Waals surface area contributed by atoms with Crippen LogP contribution in [0.5, 0.6) is 5.75 Å². The summed E-state index contributed by atoms with van der Waals surface area (Å²) in [6.45, 7) is 7.08. The second-order valence-corrected chi connectivity index (χ2v) is 10.8. The fourth-order valence-electron chi connectivity index (χ4n) is 4.20. The van der Waals surface area contributed by atoms with Gasteiger partial charge in [-0.15, -0.1) is 5.10 Å². The van der Waals surface area contributed by atoms with E-state index < -0.39 is 10.2 Å². The first-order chi connectivity index (χ1) is 15.7. The standard InChI is InChI=1S/C21H31N5O5S2/c1-16-13-25(14-17(2)30-16)33(27,28)24-10-8-23(9-11-24)15-26-21(32)31-20(22-26)12-18-4-6-19(29-3)7-5-18/h4-7,16-17H,8-15H2,1-3H3. The summed E-state index contributed by atoms with van der Waals surface area (Å²) in [4.78, 5) is 2.44. The highest BCUT2D eigenvalue weighted by atomic mass is 32.2. The van der Waals surface area contributed by atoms with Crippen LogP contribution in [0.15, 0.2) is 28.7 Å². The minimum atomic E-state index is -3.50. The van der Waals surface area contributed by atoms with Gasteiger partial charge in [-0.25, -0.2) is 4.68 Å². The van der Waals surface area contributed by atoms with Crippen LogP contribution in [0.25, 0.3) is 0 Å². The lowest BCUT2D eigenvalue weighted by Crippen LogP contribution is -2.57. The molecular formula is C21H31N5O5S2. The van der Waals surface area contributed by atoms with E-state index in [4.69, 9.17) is 26.1 Å². The third kappa shape index (κ3) is 5.81. The Morgan fingerprint density at radius 1 is 1.06 bits per heavy atom. The zero-order chi connectivity index (χ0) is 23.6. The summed E-state index contributed by atoms with van der Waals surface area (Å²) >= 11 is 5.35. The highest BCUT2D eigenvalue weighted by Crippen LogP contribution is 2.19. The SMILES string of the molecule is COc1ccc(Cc2nn(CN3CCN(S(=O)(=O)N4CC(C)OC(C)C4)CC3)c(=S)o2)cc1. The van der Waals surface area contributed by atoms with Crippen LogP contribution in [0.1, 0.15) is 25.3 Å². The van der Waals surface area contributed by atoms with Gasteiger partial charge in [0, 0.05) is 39.3 Å². The minimum Gasteiger partial charge on any atom is -0.497 e. The second kappa shape index (κ2) is 10.2. The Hall–Kier alpha value is -1.83. The molecule has 10 nitrogen and oxygen atoms in total. The number of hydrogen-bond donors (Lipinski definition) is 0. The maximum absolute atomic E-state index is 13.1. The Kier molecular flexibility index (Phi) is 7.51. The molecule has 2 saturated heterocycles. The van der Waals surface area contributed by atoms with Gasteiger partial charge in [-0.2, -0.15) is 17.0 Å². The molecule has 3 heterocycles. The van der Waals surface area contributed by atoms with Gasteiger partial charge in [-0.05, 0) is 43.8 Å². The van der Waals surface area contributed by atoms with E-state index in [0.717, 1.165) is 11.3 Å². The lowest BCUT2D eigenvalue weighted by atomic mass is 10.1. The van der Waals surface area contributed by atoms with Gasteiger partial charge in [0.25, 0.3) is 15.0 Å². The number of hydrogen-bond acceptors (Lipinski definition) is 8. The van der Waals surface area contributed by atoms with Gasteiger partial charge < -0.3 is 13.9 Å². The van der Waals surface area contributed by atoms with Crippen molar-refractivity contribution in [3.63, 3.8) is 0 Å². The van der Waals surface area contributed by atoms with Crippen molar-refractivity contribution in [3.8, 4) is 5.75 Å². The summed E-state index contributed by atoms with van der Waals surface area (Å²) in [5, 5.41) is 4.52. The molecule has 2 aliphatic heterocycles. The van der Waals surface area contributed by atoms with Crippen LogP contribution in [-0.4, -0.2) is 90.3 Å². The van der Waals surface area contributed by atoms with Crippen molar-refractivity contribution in [1.29, 1.82) is 0 Å². The molecule has 2 atom stereocenters. The smallest absolute Gasteiger partial charge is 0.288 e. The summed E-state index contributed by atoms with van der Waals surface area (Å²) in [5.41, 5.74) is 1.05. The molecule has 0 spiro atoms. The van der Waals surface area contributed by atoms with Crippen molar-refractivity contribution in [1.82, 2.24) is 23.3 Å². The van der Waals surface area contributed by atoms with Crippen molar-refractivity contribution in [3.05, 3.63) is 40.6 Å². The van der Waals surface area contributed by atoms with Gasteiger partial charge in [0.05, 0.1) is 32.4 Å². The maximum Gasteiger partial charge on any atom is 0.288 e. The lowest BCUT2D eigenvalue weighted by Gasteiger charge is -2.40. The molecule has 1 aromatic carbocycles. The Labute approximate surface area is 199 Å². The molecule has 0 saturated carbocycles. The van der Waals surface area contributed by atoms with Crippen LogP contribution in [-0.2, 0) is 28.0 Å². The van der Waals surface area contributed by atoms with Crippen molar-refractivity contribution in [2.45, 2.75) is 39.1 Å². The average Bonchev–Trinajstić information content (AvgIpc) is 3.12. The van der Waals surface area contributed by atoms with Gasteiger partial charge in [0.1, 0.15) is 5.75 Å². The molecule has 0 aliphatic carbocycles. The first kappa shape index (κ1) is 24.3. The highest BCUT2D eigenvalue weighted by Gasteiger charge is 2.36. The Bertz CT molecular complexity index is 1080. The van der Waals surface area contributed by atoms with E-state index in [0.29, 0.717) is 63.1 Å². The number of aromatic nitrogens is 2. The number of benzene rings is 1.